The molecular formula is C27H31N3O5S. The number of carbonyl (C=O) groups is 3. The Morgan fingerprint density at radius 1 is 0.972 bits per heavy atom. The van der Waals surface area contributed by atoms with Crippen LogP contribution < -0.4 is 25.0 Å². The van der Waals surface area contributed by atoms with Crippen molar-refractivity contribution in [3.8, 4) is 11.5 Å². The van der Waals surface area contributed by atoms with Crippen LogP contribution in [0.4, 0.5) is 5.69 Å². The van der Waals surface area contributed by atoms with Gasteiger partial charge < -0.3 is 20.1 Å². The Balaban J connectivity index is 2.09. The van der Waals surface area contributed by atoms with Crippen molar-refractivity contribution in [2.75, 3.05) is 25.7 Å². The summed E-state index contributed by atoms with van der Waals surface area (Å²) in [6.45, 7) is 5.29. The van der Waals surface area contributed by atoms with Gasteiger partial charge in [0.25, 0.3) is 5.91 Å². The Morgan fingerprint density at radius 3 is 2.28 bits per heavy atom. The number of rotatable bonds is 9. The van der Waals surface area contributed by atoms with E-state index >= 15 is 0 Å². The third-order valence-corrected chi connectivity index (χ3v) is 6.05. The van der Waals surface area contributed by atoms with E-state index < -0.39 is 17.5 Å². The fourth-order valence-electron chi connectivity index (χ4n) is 3.63. The number of hydrogen-bond donors (Lipinski definition) is 2. The van der Waals surface area contributed by atoms with Crippen molar-refractivity contribution in [3.05, 3.63) is 76.5 Å². The molecule has 3 aromatic rings. The molecule has 1 aromatic heterocycles. The van der Waals surface area contributed by atoms with Crippen LogP contribution in [-0.4, -0.2) is 44.0 Å². The number of benzene rings is 2. The van der Waals surface area contributed by atoms with E-state index in [2.05, 4.69) is 10.6 Å². The molecule has 9 heteroatoms. The predicted molar refractivity (Wildman–Crippen MR) is 141 cm³/mol. The molecular weight excluding hydrogens is 478 g/mol. The lowest BCUT2D eigenvalue weighted by Crippen LogP contribution is -2.51. The summed E-state index contributed by atoms with van der Waals surface area (Å²) in [5.74, 6) is -0.345. The Hall–Kier alpha value is -3.85. The van der Waals surface area contributed by atoms with Gasteiger partial charge in [0.05, 0.1) is 31.3 Å². The number of nitrogens with one attached hydrogen (secondary N) is 2. The van der Waals surface area contributed by atoms with Gasteiger partial charge in [0.2, 0.25) is 11.8 Å². The Labute approximate surface area is 215 Å². The van der Waals surface area contributed by atoms with Crippen LogP contribution in [0.15, 0.2) is 66.0 Å². The number of ether oxygens (including phenoxy) is 2. The van der Waals surface area contributed by atoms with E-state index in [4.69, 9.17) is 9.47 Å². The maximum Gasteiger partial charge on any atom is 0.261 e. The summed E-state index contributed by atoms with van der Waals surface area (Å²) in [5.41, 5.74) is 0.428. The highest BCUT2D eigenvalue weighted by Gasteiger charge is 2.36. The van der Waals surface area contributed by atoms with Gasteiger partial charge >= 0.3 is 0 Å². The first-order chi connectivity index (χ1) is 17.1. The first-order valence-electron chi connectivity index (χ1n) is 11.4. The Kier molecular flexibility index (Phi) is 8.71. The van der Waals surface area contributed by atoms with Crippen LogP contribution in [0.5, 0.6) is 11.5 Å². The third-order valence-electron chi connectivity index (χ3n) is 5.18. The van der Waals surface area contributed by atoms with E-state index in [0.717, 1.165) is 0 Å². The highest BCUT2D eigenvalue weighted by Crippen LogP contribution is 2.37. The normalized spacial score (nSPS) is 11.8. The van der Waals surface area contributed by atoms with E-state index in [-0.39, 0.29) is 18.4 Å². The quantitative estimate of drug-likeness (QED) is 0.451. The van der Waals surface area contributed by atoms with Crippen molar-refractivity contribution in [1.29, 1.82) is 0 Å². The molecule has 0 saturated heterocycles. The minimum absolute atomic E-state index is 0.321. The number of anilines is 1. The van der Waals surface area contributed by atoms with Crippen molar-refractivity contribution < 1.29 is 23.9 Å². The number of methoxy groups -OCH3 is 2. The lowest BCUT2D eigenvalue weighted by atomic mass is 10.0. The van der Waals surface area contributed by atoms with Gasteiger partial charge in [-0.05, 0) is 49.9 Å². The average molecular weight is 510 g/mol. The highest BCUT2D eigenvalue weighted by molar-refractivity contribution is 7.12. The summed E-state index contributed by atoms with van der Waals surface area (Å²) in [6.07, 6.45) is 0. The van der Waals surface area contributed by atoms with E-state index in [1.54, 1.807) is 60.0 Å². The van der Waals surface area contributed by atoms with Gasteiger partial charge in [0.15, 0.2) is 0 Å². The van der Waals surface area contributed by atoms with Crippen LogP contribution in [0.1, 0.15) is 42.0 Å². The van der Waals surface area contributed by atoms with Gasteiger partial charge in [-0.2, -0.15) is 0 Å². The molecule has 0 aliphatic carbocycles. The molecule has 1 heterocycles. The average Bonchev–Trinajstić information content (AvgIpc) is 3.40. The summed E-state index contributed by atoms with van der Waals surface area (Å²) in [7, 11) is 3.01. The van der Waals surface area contributed by atoms with Gasteiger partial charge in [0.1, 0.15) is 17.5 Å². The van der Waals surface area contributed by atoms with Crippen LogP contribution in [0, 0.1) is 0 Å². The molecule has 2 aromatic carbocycles. The molecule has 1 unspecified atom stereocenters. The number of thiophene rings is 1. The zero-order valence-electron chi connectivity index (χ0n) is 21.0. The van der Waals surface area contributed by atoms with E-state index in [1.807, 2.05) is 26.8 Å². The SMILES string of the molecule is COc1ccc(N(C(=O)CNC(=O)c2cccs2)C(C(=O)NC(C)(C)C)c2ccccc2)c(OC)c1. The molecule has 8 nitrogen and oxygen atoms in total. The highest BCUT2D eigenvalue weighted by atomic mass is 32.1. The number of hydrogen-bond acceptors (Lipinski definition) is 6. The summed E-state index contributed by atoms with van der Waals surface area (Å²) < 4.78 is 10.9. The zero-order valence-corrected chi connectivity index (χ0v) is 21.8. The molecule has 0 aliphatic heterocycles. The summed E-state index contributed by atoms with van der Waals surface area (Å²) in [4.78, 5) is 41.8. The molecule has 0 radical (unpaired) electrons. The monoisotopic (exact) mass is 509 g/mol. The van der Waals surface area contributed by atoms with E-state index in [9.17, 15) is 14.4 Å². The predicted octanol–water partition coefficient (Wildman–Crippen LogP) is 4.18. The lowest BCUT2D eigenvalue weighted by molar-refractivity contribution is -0.127. The van der Waals surface area contributed by atoms with Gasteiger partial charge in [-0.1, -0.05) is 36.4 Å². The summed E-state index contributed by atoms with van der Waals surface area (Å²) in [6, 6.07) is 16.4. The molecule has 1 atom stereocenters. The largest absolute Gasteiger partial charge is 0.497 e. The molecule has 36 heavy (non-hydrogen) atoms. The first kappa shape index (κ1) is 26.7. The van der Waals surface area contributed by atoms with E-state index in [0.29, 0.717) is 27.6 Å². The summed E-state index contributed by atoms with van der Waals surface area (Å²) >= 11 is 1.28. The first-order valence-corrected chi connectivity index (χ1v) is 12.3. The second-order valence-corrected chi connectivity index (χ2v) is 9.96. The number of carbonyl (C=O) groups excluding carboxylic acids is 3. The fourth-order valence-corrected chi connectivity index (χ4v) is 4.27. The minimum atomic E-state index is -1.03. The molecule has 0 bridgehead atoms. The number of nitrogens with zero attached hydrogens (tertiary/aromatic N) is 1. The molecule has 3 rings (SSSR count). The molecule has 0 saturated carbocycles. The van der Waals surface area contributed by atoms with Crippen molar-refractivity contribution in [1.82, 2.24) is 10.6 Å². The van der Waals surface area contributed by atoms with Gasteiger partial charge in [0, 0.05) is 11.6 Å². The van der Waals surface area contributed by atoms with Crippen molar-refractivity contribution >= 4 is 34.7 Å². The van der Waals surface area contributed by atoms with Crippen molar-refractivity contribution in [2.45, 2.75) is 32.4 Å². The maximum atomic E-state index is 13.8. The van der Waals surface area contributed by atoms with Gasteiger partial charge in [-0.3, -0.25) is 19.3 Å². The molecule has 190 valence electrons. The molecule has 2 N–H and O–H groups in total. The standard InChI is InChI=1S/C27H31N3O5S/c1-27(2,3)29-26(33)24(18-10-7-6-8-11-18)30(20-14-13-19(34-4)16-21(20)35-5)23(31)17-28-25(32)22-12-9-15-36-22/h6-16,24H,17H2,1-5H3,(H,28,32)(H,29,33). The van der Waals surface area contributed by atoms with Crippen LogP contribution in [0.25, 0.3) is 0 Å². The van der Waals surface area contributed by atoms with Crippen LogP contribution in [-0.2, 0) is 9.59 Å². The van der Waals surface area contributed by atoms with Crippen LogP contribution in [0.2, 0.25) is 0 Å². The summed E-state index contributed by atoms with van der Waals surface area (Å²) in [5, 5.41) is 7.44. The minimum Gasteiger partial charge on any atom is -0.497 e. The van der Waals surface area contributed by atoms with Crippen LogP contribution >= 0.6 is 11.3 Å². The van der Waals surface area contributed by atoms with Crippen molar-refractivity contribution in [3.63, 3.8) is 0 Å². The fraction of sp³-hybridized carbons (Fsp3) is 0.296. The number of amides is 3. The topological polar surface area (TPSA) is 97.0 Å². The van der Waals surface area contributed by atoms with Crippen molar-refractivity contribution in [2.24, 2.45) is 0 Å². The Morgan fingerprint density at radius 2 is 1.69 bits per heavy atom. The molecule has 3 amide bonds. The smallest absolute Gasteiger partial charge is 0.261 e. The lowest BCUT2D eigenvalue weighted by Gasteiger charge is -2.34. The molecule has 0 spiro atoms. The zero-order chi connectivity index (χ0) is 26.3. The van der Waals surface area contributed by atoms with Gasteiger partial charge in [-0.15, -0.1) is 11.3 Å². The molecule has 0 aliphatic rings. The van der Waals surface area contributed by atoms with Gasteiger partial charge in [-0.25, -0.2) is 0 Å². The second kappa shape index (κ2) is 11.7. The van der Waals surface area contributed by atoms with Crippen LogP contribution in [0.3, 0.4) is 0 Å². The second-order valence-electron chi connectivity index (χ2n) is 9.01. The van der Waals surface area contributed by atoms with E-state index in [1.165, 1.54) is 30.5 Å². The third kappa shape index (κ3) is 6.63. The molecule has 0 fully saturated rings. The maximum absolute atomic E-state index is 13.8. The Bertz CT molecular complexity index is 1190.